The third-order valence-corrected chi connectivity index (χ3v) is 6.74. The predicted octanol–water partition coefficient (Wildman–Crippen LogP) is 4.31. The minimum absolute atomic E-state index is 0.621. The van der Waals surface area contributed by atoms with Gasteiger partial charge in [-0.25, -0.2) is 9.97 Å². The summed E-state index contributed by atoms with van der Waals surface area (Å²) >= 11 is 0. The molecule has 2 aliphatic rings. The number of allylic oxidation sites excluding steroid dienone is 1. The van der Waals surface area contributed by atoms with Crippen LogP contribution in [-0.2, 0) is 32.9 Å². The third kappa shape index (κ3) is 3.48. The number of nitrogens with zero attached hydrogens (tertiary/aromatic N) is 7. The first kappa shape index (κ1) is 20.7. The van der Waals surface area contributed by atoms with Crippen molar-refractivity contribution in [1.29, 1.82) is 0 Å². The smallest absolute Gasteiger partial charge is 0.134 e. The highest BCUT2D eigenvalue weighted by molar-refractivity contribution is 6.24. The first-order chi connectivity index (χ1) is 16.6. The SMILES string of the molecule is CCn1ccc(Cc2ncc3c(n2)-c2c(nn(C)c2-c2ccc(C4=CCN=C4C)cc2)CC3)n1. The fourth-order valence-corrected chi connectivity index (χ4v) is 4.99. The summed E-state index contributed by atoms with van der Waals surface area (Å²) in [6, 6.07) is 10.8. The molecule has 4 aromatic rings. The maximum atomic E-state index is 5.04. The second kappa shape index (κ2) is 8.17. The second-order valence-corrected chi connectivity index (χ2v) is 8.91. The zero-order valence-corrected chi connectivity index (χ0v) is 19.8. The van der Waals surface area contributed by atoms with E-state index in [2.05, 4.69) is 59.3 Å². The van der Waals surface area contributed by atoms with Crippen LogP contribution in [-0.4, -0.2) is 41.8 Å². The van der Waals surface area contributed by atoms with E-state index in [9.17, 15) is 0 Å². The molecule has 6 rings (SSSR count). The van der Waals surface area contributed by atoms with Gasteiger partial charge in [0.15, 0.2) is 0 Å². The van der Waals surface area contributed by atoms with E-state index in [1.807, 2.05) is 34.9 Å². The molecule has 1 aromatic carbocycles. The second-order valence-electron chi connectivity index (χ2n) is 8.91. The van der Waals surface area contributed by atoms with Crippen LogP contribution < -0.4 is 0 Å². The van der Waals surface area contributed by atoms with Gasteiger partial charge in [-0.1, -0.05) is 30.3 Å². The van der Waals surface area contributed by atoms with E-state index in [-0.39, 0.29) is 0 Å². The van der Waals surface area contributed by atoms with Crippen molar-refractivity contribution >= 4 is 11.3 Å². The summed E-state index contributed by atoms with van der Waals surface area (Å²) in [5.74, 6) is 0.793. The standard InChI is InChI=1S/C27H27N7/c1-4-34-14-12-21(31-34)15-24-29-16-20-9-10-23-25(26(20)30-24)27(33(3)32-23)19-7-5-18(6-8-19)22-11-13-28-17(22)2/h5-8,11-12,14,16H,4,9-10,13,15H2,1-3H3. The van der Waals surface area contributed by atoms with Gasteiger partial charge in [-0.3, -0.25) is 14.4 Å². The van der Waals surface area contributed by atoms with Crippen LogP contribution in [0.5, 0.6) is 0 Å². The van der Waals surface area contributed by atoms with E-state index in [4.69, 9.17) is 10.1 Å². The van der Waals surface area contributed by atoms with Crippen LogP contribution in [0.4, 0.5) is 0 Å². The average molecular weight is 450 g/mol. The largest absolute Gasteiger partial charge is 0.285 e. The lowest BCUT2D eigenvalue weighted by Gasteiger charge is -2.17. The molecule has 0 saturated heterocycles. The van der Waals surface area contributed by atoms with Gasteiger partial charge < -0.3 is 0 Å². The number of aliphatic imine (C=N–C) groups is 1. The Morgan fingerprint density at radius 1 is 1.00 bits per heavy atom. The number of rotatable bonds is 5. The Hall–Kier alpha value is -3.87. The Kier molecular flexibility index (Phi) is 4.98. The molecule has 34 heavy (non-hydrogen) atoms. The lowest BCUT2D eigenvalue weighted by molar-refractivity contribution is 0.648. The number of aryl methyl sites for hydroxylation is 4. The van der Waals surface area contributed by atoms with Crippen molar-refractivity contribution in [3.8, 4) is 22.5 Å². The molecule has 0 atom stereocenters. The Morgan fingerprint density at radius 3 is 2.56 bits per heavy atom. The fourth-order valence-electron chi connectivity index (χ4n) is 4.99. The molecule has 4 heterocycles. The molecule has 3 aromatic heterocycles. The van der Waals surface area contributed by atoms with Crippen LogP contribution in [0.2, 0.25) is 0 Å². The first-order valence-electron chi connectivity index (χ1n) is 11.9. The van der Waals surface area contributed by atoms with E-state index in [0.717, 1.165) is 71.4 Å². The van der Waals surface area contributed by atoms with E-state index >= 15 is 0 Å². The monoisotopic (exact) mass is 449 g/mol. The lowest BCUT2D eigenvalue weighted by atomic mass is 9.91. The maximum Gasteiger partial charge on any atom is 0.134 e. The van der Waals surface area contributed by atoms with Crippen LogP contribution in [0.1, 0.15) is 42.2 Å². The fraction of sp³-hybridized carbons (Fsp3) is 0.296. The number of aromatic nitrogens is 6. The summed E-state index contributed by atoms with van der Waals surface area (Å²) in [5, 5.41) is 9.48. The summed E-state index contributed by atoms with van der Waals surface area (Å²) in [5.41, 5.74) is 11.2. The molecule has 0 unspecified atom stereocenters. The molecule has 0 saturated carbocycles. The Labute approximate surface area is 198 Å². The average Bonchev–Trinajstić information content (AvgIpc) is 3.57. The van der Waals surface area contributed by atoms with Gasteiger partial charge >= 0.3 is 0 Å². The van der Waals surface area contributed by atoms with Crippen molar-refractivity contribution in [2.75, 3.05) is 6.54 Å². The predicted molar refractivity (Wildman–Crippen MR) is 134 cm³/mol. The zero-order chi connectivity index (χ0) is 23.2. The zero-order valence-electron chi connectivity index (χ0n) is 19.8. The summed E-state index contributed by atoms with van der Waals surface area (Å²) in [4.78, 5) is 14.2. The van der Waals surface area contributed by atoms with Gasteiger partial charge in [0.05, 0.1) is 35.7 Å². The molecule has 0 radical (unpaired) electrons. The topological polar surface area (TPSA) is 73.8 Å². The molecule has 0 spiro atoms. The highest BCUT2D eigenvalue weighted by Crippen LogP contribution is 2.39. The van der Waals surface area contributed by atoms with Crippen molar-refractivity contribution in [3.05, 3.63) is 77.1 Å². The third-order valence-electron chi connectivity index (χ3n) is 6.74. The van der Waals surface area contributed by atoms with Gasteiger partial charge in [0.2, 0.25) is 0 Å². The Morgan fingerprint density at radius 2 is 1.82 bits per heavy atom. The van der Waals surface area contributed by atoms with Gasteiger partial charge in [0, 0.05) is 48.4 Å². The van der Waals surface area contributed by atoms with Gasteiger partial charge in [-0.15, -0.1) is 0 Å². The Balaban J connectivity index is 1.39. The molecular formula is C27H27N7. The number of benzene rings is 1. The quantitative estimate of drug-likeness (QED) is 0.455. The summed E-state index contributed by atoms with van der Waals surface area (Å²) in [6.45, 7) is 5.79. The number of fused-ring (bicyclic) bond motifs is 3. The normalized spacial score (nSPS) is 14.6. The number of hydrogen-bond donors (Lipinski definition) is 0. The molecule has 0 bridgehead atoms. The molecule has 1 aliphatic heterocycles. The van der Waals surface area contributed by atoms with Crippen LogP contribution in [0, 0.1) is 0 Å². The highest BCUT2D eigenvalue weighted by atomic mass is 15.3. The van der Waals surface area contributed by atoms with Gasteiger partial charge in [0.25, 0.3) is 0 Å². The van der Waals surface area contributed by atoms with E-state index in [1.54, 1.807) is 0 Å². The molecule has 7 nitrogen and oxygen atoms in total. The molecule has 170 valence electrons. The van der Waals surface area contributed by atoms with E-state index in [0.29, 0.717) is 6.42 Å². The molecule has 7 heteroatoms. The van der Waals surface area contributed by atoms with Crippen molar-refractivity contribution in [2.24, 2.45) is 12.0 Å². The van der Waals surface area contributed by atoms with Gasteiger partial charge in [0.1, 0.15) is 5.82 Å². The minimum Gasteiger partial charge on any atom is -0.285 e. The highest BCUT2D eigenvalue weighted by Gasteiger charge is 2.27. The van der Waals surface area contributed by atoms with E-state index in [1.165, 1.54) is 16.7 Å². The molecular weight excluding hydrogens is 422 g/mol. The molecule has 0 amide bonds. The first-order valence-corrected chi connectivity index (χ1v) is 11.9. The summed E-state index contributed by atoms with van der Waals surface area (Å²) in [7, 11) is 2.02. The maximum absolute atomic E-state index is 5.04. The molecule has 1 aliphatic carbocycles. The summed E-state index contributed by atoms with van der Waals surface area (Å²) in [6.07, 6.45) is 8.62. The van der Waals surface area contributed by atoms with E-state index < -0.39 is 0 Å². The van der Waals surface area contributed by atoms with Gasteiger partial charge in [-0.05, 0) is 43.9 Å². The van der Waals surface area contributed by atoms with Crippen LogP contribution in [0.3, 0.4) is 0 Å². The van der Waals surface area contributed by atoms with Crippen molar-refractivity contribution in [3.63, 3.8) is 0 Å². The van der Waals surface area contributed by atoms with Crippen molar-refractivity contribution in [1.82, 2.24) is 29.5 Å². The lowest BCUT2D eigenvalue weighted by Crippen LogP contribution is -2.09. The van der Waals surface area contributed by atoms with Crippen LogP contribution in [0.15, 0.2) is 53.8 Å². The number of hydrogen-bond acceptors (Lipinski definition) is 5. The molecule has 0 N–H and O–H groups in total. The van der Waals surface area contributed by atoms with Gasteiger partial charge in [-0.2, -0.15) is 10.2 Å². The van der Waals surface area contributed by atoms with Crippen LogP contribution in [0.25, 0.3) is 28.1 Å². The Bertz CT molecular complexity index is 1450. The van der Waals surface area contributed by atoms with Crippen molar-refractivity contribution in [2.45, 2.75) is 39.7 Å². The van der Waals surface area contributed by atoms with Crippen molar-refractivity contribution < 1.29 is 0 Å². The van der Waals surface area contributed by atoms with Crippen LogP contribution >= 0.6 is 0 Å². The minimum atomic E-state index is 0.621. The molecule has 0 fully saturated rings. The summed E-state index contributed by atoms with van der Waals surface area (Å²) < 4.78 is 3.94.